The molecular weight excluding hydrogens is 305 g/mol. The number of rotatable bonds is 6. The zero-order valence-corrected chi connectivity index (χ0v) is 13.4. The summed E-state index contributed by atoms with van der Waals surface area (Å²) in [6.07, 6.45) is -2.95. The van der Waals surface area contributed by atoms with Crippen LogP contribution in [0.4, 0.5) is 18.9 Å². The fraction of sp³-hybridized carbons (Fsp3) is 0.647. The van der Waals surface area contributed by atoms with Gasteiger partial charge in [0.25, 0.3) is 0 Å². The Morgan fingerprint density at radius 2 is 1.83 bits per heavy atom. The van der Waals surface area contributed by atoms with Crippen LogP contribution in [-0.4, -0.2) is 37.0 Å². The van der Waals surface area contributed by atoms with Crippen LogP contribution in [-0.2, 0) is 6.54 Å². The highest BCUT2D eigenvalue weighted by Gasteiger charge is 2.29. The Morgan fingerprint density at radius 1 is 1.22 bits per heavy atom. The van der Waals surface area contributed by atoms with E-state index in [4.69, 9.17) is 5.11 Å². The molecule has 0 spiro atoms. The van der Waals surface area contributed by atoms with Crippen LogP contribution in [0.1, 0.15) is 31.7 Å². The topological polar surface area (TPSA) is 35.5 Å². The SMILES string of the molecule is CC(CC(F)(F)F)NCc1ccc(N2CCC(CO)CC2)cc1. The van der Waals surface area contributed by atoms with Gasteiger partial charge in [-0.2, -0.15) is 13.2 Å². The molecule has 0 aliphatic carbocycles. The number of anilines is 1. The number of hydrogen-bond acceptors (Lipinski definition) is 3. The molecule has 0 radical (unpaired) electrons. The number of nitrogens with zero attached hydrogens (tertiary/aromatic N) is 1. The molecule has 1 aromatic rings. The van der Waals surface area contributed by atoms with E-state index in [2.05, 4.69) is 10.2 Å². The molecule has 1 unspecified atom stereocenters. The van der Waals surface area contributed by atoms with Gasteiger partial charge >= 0.3 is 6.18 Å². The second-order valence-corrected chi connectivity index (χ2v) is 6.38. The maximum Gasteiger partial charge on any atom is 0.390 e. The van der Waals surface area contributed by atoms with E-state index >= 15 is 0 Å². The summed E-state index contributed by atoms with van der Waals surface area (Å²) in [5.74, 6) is 0.407. The molecule has 1 heterocycles. The standard InChI is InChI=1S/C17H25F3N2O/c1-13(10-17(18,19)20)21-11-14-2-4-16(5-3-14)22-8-6-15(12-23)7-9-22/h2-5,13,15,21,23H,6-12H2,1H3. The lowest BCUT2D eigenvalue weighted by Crippen LogP contribution is -2.34. The number of hydrogen-bond donors (Lipinski definition) is 2. The van der Waals surface area contributed by atoms with E-state index in [0.717, 1.165) is 37.2 Å². The fourth-order valence-corrected chi connectivity index (χ4v) is 2.91. The molecule has 1 aliphatic heterocycles. The van der Waals surface area contributed by atoms with E-state index in [0.29, 0.717) is 12.5 Å². The molecule has 1 aromatic carbocycles. The first-order valence-electron chi connectivity index (χ1n) is 8.12. The molecule has 1 saturated heterocycles. The third kappa shape index (κ3) is 6.03. The Kier molecular flexibility index (Phi) is 6.30. The molecule has 0 aromatic heterocycles. The van der Waals surface area contributed by atoms with Gasteiger partial charge in [-0.25, -0.2) is 0 Å². The maximum atomic E-state index is 12.3. The first-order chi connectivity index (χ1) is 10.9. The Bertz CT molecular complexity index is 468. The molecule has 2 rings (SSSR count). The number of nitrogens with one attached hydrogen (secondary N) is 1. The number of halogens is 3. The highest BCUT2D eigenvalue weighted by Crippen LogP contribution is 2.24. The van der Waals surface area contributed by atoms with Crippen LogP contribution in [0.2, 0.25) is 0 Å². The van der Waals surface area contributed by atoms with Gasteiger partial charge in [0.05, 0.1) is 6.42 Å². The molecular formula is C17H25F3N2O. The number of aliphatic hydroxyl groups is 1. The lowest BCUT2D eigenvalue weighted by molar-refractivity contribution is -0.139. The molecule has 0 bridgehead atoms. The van der Waals surface area contributed by atoms with E-state index in [-0.39, 0.29) is 6.61 Å². The Hall–Kier alpha value is -1.27. The average molecular weight is 330 g/mol. The summed E-state index contributed by atoms with van der Waals surface area (Å²) < 4.78 is 36.8. The van der Waals surface area contributed by atoms with E-state index in [1.165, 1.54) is 0 Å². The minimum Gasteiger partial charge on any atom is -0.396 e. The van der Waals surface area contributed by atoms with Gasteiger partial charge in [0.2, 0.25) is 0 Å². The third-order valence-electron chi connectivity index (χ3n) is 4.37. The predicted molar refractivity (Wildman–Crippen MR) is 85.4 cm³/mol. The van der Waals surface area contributed by atoms with Crippen LogP contribution >= 0.6 is 0 Å². The van der Waals surface area contributed by atoms with Crippen molar-refractivity contribution < 1.29 is 18.3 Å². The minimum atomic E-state index is -4.13. The molecule has 0 amide bonds. The average Bonchev–Trinajstić information content (AvgIpc) is 2.52. The zero-order valence-electron chi connectivity index (χ0n) is 13.4. The second-order valence-electron chi connectivity index (χ2n) is 6.38. The first kappa shape index (κ1) is 18.1. The predicted octanol–water partition coefficient (Wildman–Crippen LogP) is 3.33. The van der Waals surface area contributed by atoms with Crippen molar-refractivity contribution in [1.29, 1.82) is 0 Å². The monoisotopic (exact) mass is 330 g/mol. The van der Waals surface area contributed by atoms with Gasteiger partial charge in [-0.15, -0.1) is 0 Å². The smallest absolute Gasteiger partial charge is 0.390 e. The van der Waals surface area contributed by atoms with Crippen molar-refractivity contribution in [3.05, 3.63) is 29.8 Å². The van der Waals surface area contributed by atoms with Crippen molar-refractivity contribution in [3.8, 4) is 0 Å². The summed E-state index contributed by atoms with van der Waals surface area (Å²) in [7, 11) is 0. The van der Waals surface area contributed by atoms with Gasteiger partial charge in [-0.3, -0.25) is 0 Å². The van der Waals surface area contributed by atoms with Crippen molar-refractivity contribution in [1.82, 2.24) is 5.32 Å². The molecule has 6 heteroatoms. The quantitative estimate of drug-likeness (QED) is 0.840. The van der Waals surface area contributed by atoms with Crippen molar-refractivity contribution in [2.24, 2.45) is 5.92 Å². The molecule has 1 aliphatic rings. The van der Waals surface area contributed by atoms with Crippen molar-refractivity contribution >= 4 is 5.69 Å². The normalized spacial score (nSPS) is 18.2. The summed E-state index contributed by atoms with van der Waals surface area (Å²) in [6.45, 7) is 4.11. The fourth-order valence-electron chi connectivity index (χ4n) is 2.91. The summed E-state index contributed by atoms with van der Waals surface area (Å²) >= 11 is 0. The Balaban J connectivity index is 1.81. The van der Waals surface area contributed by atoms with Crippen LogP contribution in [0.15, 0.2) is 24.3 Å². The van der Waals surface area contributed by atoms with Crippen LogP contribution < -0.4 is 10.2 Å². The summed E-state index contributed by atoms with van der Waals surface area (Å²) in [5.41, 5.74) is 2.11. The number of alkyl halides is 3. The summed E-state index contributed by atoms with van der Waals surface area (Å²) in [6, 6.07) is 7.36. The summed E-state index contributed by atoms with van der Waals surface area (Å²) in [4.78, 5) is 2.29. The molecule has 2 N–H and O–H groups in total. The number of benzene rings is 1. The Morgan fingerprint density at radius 3 is 2.35 bits per heavy atom. The maximum absolute atomic E-state index is 12.3. The third-order valence-corrected chi connectivity index (χ3v) is 4.37. The molecule has 1 atom stereocenters. The molecule has 130 valence electrons. The highest BCUT2D eigenvalue weighted by atomic mass is 19.4. The molecule has 3 nitrogen and oxygen atoms in total. The van der Waals surface area contributed by atoms with Gasteiger partial charge in [-0.05, 0) is 43.4 Å². The van der Waals surface area contributed by atoms with Crippen LogP contribution in [0, 0.1) is 5.92 Å². The van der Waals surface area contributed by atoms with E-state index in [1.807, 2.05) is 24.3 Å². The number of piperidine rings is 1. The van der Waals surface area contributed by atoms with Gasteiger partial charge < -0.3 is 15.3 Å². The zero-order chi connectivity index (χ0) is 16.9. The molecule has 23 heavy (non-hydrogen) atoms. The van der Waals surface area contributed by atoms with Gasteiger partial charge in [0.1, 0.15) is 0 Å². The second kappa shape index (κ2) is 8.02. The molecule has 1 fully saturated rings. The Labute approximate surface area is 135 Å². The van der Waals surface area contributed by atoms with Gasteiger partial charge in [0.15, 0.2) is 0 Å². The van der Waals surface area contributed by atoms with Crippen molar-refractivity contribution in [2.75, 3.05) is 24.6 Å². The van der Waals surface area contributed by atoms with Gasteiger partial charge in [-0.1, -0.05) is 12.1 Å². The van der Waals surface area contributed by atoms with E-state index in [1.54, 1.807) is 6.92 Å². The van der Waals surface area contributed by atoms with Crippen LogP contribution in [0.5, 0.6) is 0 Å². The largest absolute Gasteiger partial charge is 0.396 e. The van der Waals surface area contributed by atoms with Crippen LogP contribution in [0.3, 0.4) is 0 Å². The van der Waals surface area contributed by atoms with E-state index in [9.17, 15) is 13.2 Å². The first-order valence-corrected chi connectivity index (χ1v) is 8.12. The lowest BCUT2D eigenvalue weighted by Gasteiger charge is -2.33. The molecule has 0 saturated carbocycles. The highest BCUT2D eigenvalue weighted by molar-refractivity contribution is 5.48. The van der Waals surface area contributed by atoms with Crippen molar-refractivity contribution in [3.63, 3.8) is 0 Å². The van der Waals surface area contributed by atoms with Gasteiger partial charge in [0, 0.05) is 38.0 Å². The lowest BCUT2D eigenvalue weighted by atomic mass is 9.97. The van der Waals surface area contributed by atoms with E-state index < -0.39 is 18.6 Å². The van der Waals surface area contributed by atoms with Crippen LogP contribution in [0.25, 0.3) is 0 Å². The van der Waals surface area contributed by atoms with Crippen molar-refractivity contribution in [2.45, 2.75) is 44.9 Å². The number of aliphatic hydroxyl groups excluding tert-OH is 1. The summed E-state index contributed by atoms with van der Waals surface area (Å²) in [5, 5.41) is 12.1. The minimum absolute atomic E-state index is 0.258.